The van der Waals surface area contributed by atoms with Crippen molar-refractivity contribution in [3.63, 3.8) is 0 Å². The van der Waals surface area contributed by atoms with E-state index in [-0.39, 0.29) is 0 Å². The molecule has 0 unspecified atom stereocenters. The van der Waals surface area contributed by atoms with Crippen molar-refractivity contribution in [2.45, 2.75) is 77.7 Å². The molecule has 0 radical (unpaired) electrons. The lowest BCUT2D eigenvalue weighted by Gasteiger charge is -2.34. The van der Waals surface area contributed by atoms with Crippen LogP contribution < -0.4 is 14.8 Å². The third-order valence-electron chi connectivity index (χ3n) is 7.08. The van der Waals surface area contributed by atoms with Gasteiger partial charge in [-0.2, -0.15) is 0 Å². The molecule has 2 amide bonds. The van der Waals surface area contributed by atoms with E-state index in [4.69, 9.17) is 14.2 Å². The Morgan fingerprint density at radius 1 is 1.00 bits per heavy atom. The number of alkyl carbamates (subject to hydrolysis) is 1. The molecule has 1 aliphatic carbocycles. The van der Waals surface area contributed by atoms with Crippen LogP contribution in [-0.2, 0) is 16.0 Å². The molecule has 1 heterocycles. The number of aryl methyl sites for hydroxylation is 1. The minimum absolute atomic E-state index is 0.457. The van der Waals surface area contributed by atoms with Crippen molar-refractivity contribution >= 4 is 12.0 Å². The molecule has 2 aromatic rings. The molecule has 0 aromatic heterocycles. The molecule has 1 atom stereocenters. The van der Waals surface area contributed by atoms with Crippen LogP contribution in [0, 0.1) is 5.41 Å². The van der Waals surface area contributed by atoms with Crippen LogP contribution in [0.4, 0.5) is 4.79 Å². The van der Waals surface area contributed by atoms with Gasteiger partial charge in [-0.1, -0.05) is 51.5 Å². The average Bonchev–Trinajstić information content (AvgIpc) is 3.18. The molecule has 2 fully saturated rings. The smallest absolute Gasteiger partial charge is 0.415 e. The second-order valence-electron chi connectivity index (χ2n) is 10.5. The predicted molar refractivity (Wildman–Crippen MR) is 135 cm³/mol. The number of hydrogen-bond acceptors (Lipinski definition) is 5. The lowest BCUT2D eigenvalue weighted by molar-refractivity contribution is -0.123. The van der Waals surface area contributed by atoms with Crippen LogP contribution in [0.1, 0.15) is 88.0 Å². The minimum Gasteiger partial charge on any atom is -0.493 e. The first-order valence-corrected chi connectivity index (χ1v) is 12.8. The van der Waals surface area contributed by atoms with Gasteiger partial charge in [0.25, 0.3) is 5.91 Å². The van der Waals surface area contributed by atoms with Gasteiger partial charge in [-0.15, -0.1) is 0 Å². The first-order chi connectivity index (χ1) is 16.8. The minimum atomic E-state index is -0.922. The second kappa shape index (κ2) is 11.1. The zero-order valence-corrected chi connectivity index (χ0v) is 21.1. The quantitative estimate of drug-likeness (QED) is 0.395. The molecule has 2 aromatic carbocycles. The van der Waals surface area contributed by atoms with Crippen molar-refractivity contribution in [2.24, 2.45) is 5.41 Å². The molecule has 35 heavy (non-hydrogen) atoms. The summed E-state index contributed by atoms with van der Waals surface area (Å²) in [5.74, 6) is 1.81. The van der Waals surface area contributed by atoms with Crippen molar-refractivity contribution in [1.29, 1.82) is 0 Å². The van der Waals surface area contributed by atoms with Gasteiger partial charge in [-0.3, -0.25) is 10.1 Å². The molecule has 4 rings (SSSR count). The Bertz CT molecular complexity index is 1040. The van der Waals surface area contributed by atoms with E-state index in [1.165, 1.54) is 36.8 Å². The van der Waals surface area contributed by atoms with Crippen LogP contribution in [0.15, 0.2) is 42.5 Å². The summed E-state index contributed by atoms with van der Waals surface area (Å²) in [5, 5.41) is 2.14. The van der Waals surface area contributed by atoms with Crippen LogP contribution in [0.25, 0.3) is 0 Å². The molecular formula is C29H37NO5. The Morgan fingerprint density at radius 2 is 1.77 bits per heavy atom. The van der Waals surface area contributed by atoms with Gasteiger partial charge in [0.15, 0.2) is 0 Å². The maximum atomic E-state index is 11.8. The number of carbonyl (C=O) groups excluding carboxylic acids is 2. The molecule has 1 saturated heterocycles. The summed E-state index contributed by atoms with van der Waals surface area (Å²) in [7, 11) is 0. The maximum absolute atomic E-state index is 11.8. The normalized spacial score (nSPS) is 19.8. The molecule has 1 aliphatic heterocycles. The monoisotopic (exact) mass is 479 g/mol. The number of ether oxygens (including phenoxy) is 3. The van der Waals surface area contributed by atoms with E-state index in [2.05, 4.69) is 44.3 Å². The van der Waals surface area contributed by atoms with Gasteiger partial charge >= 0.3 is 6.09 Å². The number of imide groups is 1. The molecule has 1 N–H and O–H groups in total. The van der Waals surface area contributed by atoms with Crippen LogP contribution in [0.5, 0.6) is 11.5 Å². The van der Waals surface area contributed by atoms with E-state index >= 15 is 0 Å². The second-order valence-corrected chi connectivity index (χ2v) is 10.5. The lowest BCUT2D eigenvalue weighted by Crippen LogP contribution is -2.20. The Morgan fingerprint density at radius 3 is 2.49 bits per heavy atom. The molecule has 2 aliphatic rings. The number of nitrogens with one attached hydrogen (secondary N) is 1. The number of carbonyl (C=O) groups is 2. The summed E-state index contributed by atoms with van der Waals surface area (Å²) in [6.45, 7) is 8.02. The Labute approximate surface area is 208 Å². The highest BCUT2D eigenvalue weighted by Crippen LogP contribution is 2.43. The van der Waals surface area contributed by atoms with Gasteiger partial charge in [0.05, 0.1) is 13.2 Å². The number of cyclic esters (lactones) is 1. The standard InChI is InChI=1S/C29H37NO5/c1-4-7-22-18-21(20-12-14-29(2,3)15-13-20)10-11-25(22)34-17-6-16-33-24-9-5-8-23(19-24)26-27(31)30-28(32)35-26/h5,8-11,18-20,26H,4,6-7,12-17H2,1-3H3,(H,30,31,32)/t26-/m0/s1. The summed E-state index contributed by atoms with van der Waals surface area (Å²) >= 11 is 0. The van der Waals surface area contributed by atoms with Crippen molar-refractivity contribution in [3.05, 3.63) is 59.2 Å². The maximum Gasteiger partial charge on any atom is 0.415 e. The van der Waals surface area contributed by atoms with E-state index in [0.717, 1.165) is 25.0 Å². The number of amides is 2. The zero-order chi connectivity index (χ0) is 24.8. The highest BCUT2D eigenvalue weighted by molar-refractivity contribution is 6.00. The fourth-order valence-electron chi connectivity index (χ4n) is 4.97. The Hall–Kier alpha value is -3.02. The van der Waals surface area contributed by atoms with Crippen LogP contribution in [-0.4, -0.2) is 25.2 Å². The third-order valence-corrected chi connectivity index (χ3v) is 7.08. The number of benzene rings is 2. The topological polar surface area (TPSA) is 73.9 Å². The molecule has 0 spiro atoms. The number of hydrogen-bond donors (Lipinski definition) is 1. The molecule has 6 nitrogen and oxygen atoms in total. The van der Waals surface area contributed by atoms with Crippen LogP contribution in [0.2, 0.25) is 0 Å². The molecule has 188 valence electrons. The third kappa shape index (κ3) is 6.56. The highest BCUT2D eigenvalue weighted by Gasteiger charge is 2.33. The molecule has 0 bridgehead atoms. The van der Waals surface area contributed by atoms with Gasteiger partial charge in [-0.25, -0.2) is 4.79 Å². The summed E-state index contributed by atoms with van der Waals surface area (Å²) in [6, 6.07) is 13.9. The lowest BCUT2D eigenvalue weighted by atomic mass is 9.71. The first-order valence-electron chi connectivity index (χ1n) is 12.8. The van der Waals surface area contributed by atoms with Gasteiger partial charge < -0.3 is 14.2 Å². The van der Waals surface area contributed by atoms with Crippen LogP contribution >= 0.6 is 0 Å². The van der Waals surface area contributed by atoms with Crippen molar-refractivity contribution in [3.8, 4) is 11.5 Å². The fraction of sp³-hybridized carbons (Fsp3) is 0.517. The van der Waals surface area contributed by atoms with E-state index in [0.29, 0.717) is 35.9 Å². The average molecular weight is 480 g/mol. The zero-order valence-electron chi connectivity index (χ0n) is 21.1. The van der Waals surface area contributed by atoms with E-state index in [9.17, 15) is 9.59 Å². The van der Waals surface area contributed by atoms with Crippen molar-refractivity contribution in [1.82, 2.24) is 5.32 Å². The molecular weight excluding hydrogens is 442 g/mol. The van der Waals surface area contributed by atoms with E-state index in [1.807, 2.05) is 6.07 Å². The summed E-state index contributed by atoms with van der Waals surface area (Å²) in [5.41, 5.74) is 3.83. The van der Waals surface area contributed by atoms with E-state index in [1.54, 1.807) is 18.2 Å². The van der Waals surface area contributed by atoms with E-state index < -0.39 is 18.1 Å². The van der Waals surface area contributed by atoms with Gasteiger partial charge in [0.2, 0.25) is 6.10 Å². The fourth-order valence-corrected chi connectivity index (χ4v) is 4.97. The first kappa shape index (κ1) is 25.1. The Kier molecular flexibility index (Phi) is 7.99. The SMILES string of the molecule is CCCc1cc(C2CCC(C)(C)CC2)ccc1OCCCOc1cccc([C@@H]2OC(=O)NC2=O)c1. The Balaban J connectivity index is 1.27. The van der Waals surface area contributed by atoms with Gasteiger partial charge in [0, 0.05) is 12.0 Å². The molecule has 6 heteroatoms. The molecule has 1 saturated carbocycles. The van der Waals surface area contributed by atoms with Gasteiger partial charge in [-0.05, 0) is 72.8 Å². The van der Waals surface area contributed by atoms with Crippen LogP contribution in [0.3, 0.4) is 0 Å². The summed E-state index contributed by atoms with van der Waals surface area (Å²) < 4.78 is 17.0. The number of rotatable bonds is 10. The highest BCUT2D eigenvalue weighted by atomic mass is 16.6. The summed E-state index contributed by atoms with van der Waals surface area (Å²) in [4.78, 5) is 23.1. The van der Waals surface area contributed by atoms with Crippen molar-refractivity contribution < 1.29 is 23.8 Å². The van der Waals surface area contributed by atoms with Crippen molar-refractivity contribution in [2.75, 3.05) is 13.2 Å². The summed E-state index contributed by atoms with van der Waals surface area (Å²) in [6.07, 6.45) is 6.32. The van der Waals surface area contributed by atoms with Gasteiger partial charge in [0.1, 0.15) is 11.5 Å². The largest absolute Gasteiger partial charge is 0.493 e. The predicted octanol–water partition coefficient (Wildman–Crippen LogP) is 6.48.